The molecule has 0 saturated heterocycles. The molecule has 4 nitrogen and oxygen atoms in total. The highest BCUT2D eigenvalue weighted by atomic mass is 32.2. The number of rotatable bonds is 6. The van der Waals surface area contributed by atoms with Gasteiger partial charge in [0.05, 0.1) is 5.75 Å². The standard InChI is InChI=1S/C13H15NO3S2/c15-12(13-7-4-8-18-13)9-14-19(16,17)10-11-5-2-1-3-6-11/h1-8,12,14-15H,9-10H2/t12-/m1/s1. The normalized spacial score (nSPS) is 13.3. The predicted octanol–water partition coefficient (Wildman–Crippen LogP) is 1.90. The van der Waals surface area contributed by atoms with Crippen molar-refractivity contribution in [3.8, 4) is 0 Å². The smallest absolute Gasteiger partial charge is 0.215 e. The number of hydrogen-bond donors (Lipinski definition) is 2. The molecular weight excluding hydrogens is 282 g/mol. The van der Waals surface area contributed by atoms with Crippen LogP contribution in [0.1, 0.15) is 16.5 Å². The fourth-order valence-electron chi connectivity index (χ4n) is 1.63. The Labute approximate surface area is 116 Å². The van der Waals surface area contributed by atoms with Crippen molar-refractivity contribution in [3.05, 3.63) is 58.3 Å². The molecule has 1 heterocycles. The Morgan fingerprint density at radius 1 is 1.16 bits per heavy atom. The number of benzene rings is 1. The molecule has 0 unspecified atom stereocenters. The zero-order valence-electron chi connectivity index (χ0n) is 10.2. The first-order chi connectivity index (χ1) is 9.07. The van der Waals surface area contributed by atoms with E-state index < -0.39 is 16.1 Å². The number of hydrogen-bond acceptors (Lipinski definition) is 4. The Morgan fingerprint density at radius 2 is 1.89 bits per heavy atom. The van der Waals surface area contributed by atoms with Crippen LogP contribution < -0.4 is 4.72 Å². The maximum absolute atomic E-state index is 11.9. The van der Waals surface area contributed by atoms with E-state index in [4.69, 9.17) is 0 Å². The lowest BCUT2D eigenvalue weighted by Gasteiger charge is -2.10. The molecule has 0 aliphatic heterocycles. The lowest BCUT2D eigenvalue weighted by Crippen LogP contribution is -2.29. The summed E-state index contributed by atoms with van der Waals surface area (Å²) in [7, 11) is -3.43. The number of thiophene rings is 1. The van der Waals surface area contributed by atoms with Gasteiger partial charge in [-0.15, -0.1) is 11.3 Å². The second-order valence-corrected chi connectivity index (χ2v) is 6.91. The van der Waals surface area contributed by atoms with Crippen LogP contribution in [0.25, 0.3) is 0 Å². The predicted molar refractivity (Wildman–Crippen MR) is 76.3 cm³/mol. The molecule has 2 rings (SSSR count). The van der Waals surface area contributed by atoms with Crippen molar-refractivity contribution in [2.24, 2.45) is 0 Å². The maximum atomic E-state index is 11.9. The van der Waals surface area contributed by atoms with Crippen LogP contribution in [0.5, 0.6) is 0 Å². The lowest BCUT2D eigenvalue weighted by atomic mass is 10.2. The zero-order valence-corrected chi connectivity index (χ0v) is 11.8. The Kier molecular flexibility index (Phi) is 4.71. The highest BCUT2D eigenvalue weighted by molar-refractivity contribution is 7.88. The van der Waals surface area contributed by atoms with E-state index in [0.29, 0.717) is 0 Å². The summed E-state index contributed by atoms with van der Waals surface area (Å²) < 4.78 is 26.1. The first-order valence-electron chi connectivity index (χ1n) is 5.79. The van der Waals surface area contributed by atoms with Crippen LogP contribution in [0.15, 0.2) is 47.8 Å². The van der Waals surface area contributed by atoms with Gasteiger partial charge in [0.1, 0.15) is 6.10 Å². The molecule has 6 heteroatoms. The van der Waals surface area contributed by atoms with E-state index in [1.54, 1.807) is 30.3 Å². The molecule has 0 amide bonds. The van der Waals surface area contributed by atoms with Crippen molar-refractivity contribution >= 4 is 21.4 Å². The zero-order chi connectivity index (χ0) is 13.7. The second kappa shape index (κ2) is 6.29. The second-order valence-electron chi connectivity index (χ2n) is 4.12. The molecule has 102 valence electrons. The lowest BCUT2D eigenvalue weighted by molar-refractivity contribution is 0.185. The maximum Gasteiger partial charge on any atom is 0.215 e. The minimum Gasteiger partial charge on any atom is -0.386 e. The first-order valence-corrected chi connectivity index (χ1v) is 8.33. The van der Waals surface area contributed by atoms with Gasteiger partial charge in [-0.1, -0.05) is 36.4 Å². The molecule has 2 N–H and O–H groups in total. The topological polar surface area (TPSA) is 66.4 Å². The van der Waals surface area contributed by atoms with Crippen LogP contribution in [0.3, 0.4) is 0 Å². The summed E-state index contributed by atoms with van der Waals surface area (Å²) in [6, 6.07) is 12.5. The summed E-state index contributed by atoms with van der Waals surface area (Å²) in [6.07, 6.45) is -0.800. The van der Waals surface area contributed by atoms with E-state index in [-0.39, 0.29) is 12.3 Å². The van der Waals surface area contributed by atoms with Gasteiger partial charge in [0.2, 0.25) is 10.0 Å². The van der Waals surface area contributed by atoms with E-state index in [0.717, 1.165) is 10.4 Å². The number of aliphatic hydroxyl groups excluding tert-OH is 1. The molecule has 0 bridgehead atoms. The van der Waals surface area contributed by atoms with Gasteiger partial charge < -0.3 is 5.11 Å². The van der Waals surface area contributed by atoms with E-state index in [1.807, 2.05) is 17.5 Å². The van der Waals surface area contributed by atoms with E-state index in [2.05, 4.69) is 4.72 Å². The van der Waals surface area contributed by atoms with Crippen LogP contribution >= 0.6 is 11.3 Å². The summed E-state index contributed by atoms with van der Waals surface area (Å²) in [5.74, 6) is -0.0784. The third kappa shape index (κ3) is 4.43. The quantitative estimate of drug-likeness (QED) is 0.856. The van der Waals surface area contributed by atoms with Crippen molar-refractivity contribution in [2.45, 2.75) is 11.9 Å². The Balaban J connectivity index is 1.91. The van der Waals surface area contributed by atoms with Crippen molar-refractivity contribution in [1.82, 2.24) is 4.72 Å². The van der Waals surface area contributed by atoms with Gasteiger partial charge in [-0.3, -0.25) is 0 Å². The van der Waals surface area contributed by atoms with E-state index >= 15 is 0 Å². The minimum atomic E-state index is -3.43. The number of sulfonamides is 1. The Bertz CT molecular complexity index is 594. The van der Waals surface area contributed by atoms with Gasteiger partial charge in [0.25, 0.3) is 0 Å². The molecule has 19 heavy (non-hydrogen) atoms. The van der Waals surface area contributed by atoms with Crippen LogP contribution in [-0.4, -0.2) is 20.1 Å². The van der Waals surface area contributed by atoms with Gasteiger partial charge in [0.15, 0.2) is 0 Å². The molecule has 0 spiro atoms. The monoisotopic (exact) mass is 297 g/mol. The molecule has 2 aromatic rings. The molecule has 0 aliphatic rings. The molecule has 1 aromatic carbocycles. The number of nitrogens with one attached hydrogen (secondary N) is 1. The van der Waals surface area contributed by atoms with E-state index in [9.17, 15) is 13.5 Å². The summed E-state index contributed by atoms with van der Waals surface area (Å²) in [5, 5.41) is 11.7. The van der Waals surface area contributed by atoms with Crippen molar-refractivity contribution in [2.75, 3.05) is 6.54 Å². The molecule has 1 atom stereocenters. The van der Waals surface area contributed by atoms with Crippen molar-refractivity contribution < 1.29 is 13.5 Å². The Hall–Kier alpha value is -1.21. The van der Waals surface area contributed by atoms with Crippen molar-refractivity contribution in [3.63, 3.8) is 0 Å². The van der Waals surface area contributed by atoms with Crippen LogP contribution in [0.2, 0.25) is 0 Å². The summed E-state index contributed by atoms with van der Waals surface area (Å²) in [4.78, 5) is 0.752. The Morgan fingerprint density at radius 3 is 2.53 bits per heavy atom. The summed E-state index contributed by atoms with van der Waals surface area (Å²) >= 11 is 1.40. The molecule has 0 aliphatic carbocycles. The average molecular weight is 297 g/mol. The van der Waals surface area contributed by atoms with Gasteiger partial charge >= 0.3 is 0 Å². The van der Waals surface area contributed by atoms with Gasteiger partial charge in [0, 0.05) is 11.4 Å². The summed E-state index contributed by atoms with van der Waals surface area (Å²) in [6.45, 7) is -0.00429. The molecule has 1 aromatic heterocycles. The third-order valence-electron chi connectivity index (χ3n) is 2.57. The minimum absolute atomic E-state index is 0.00429. The third-order valence-corrected chi connectivity index (χ3v) is 4.86. The van der Waals surface area contributed by atoms with E-state index in [1.165, 1.54) is 11.3 Å². The summed E-state index contributed by atoms with van der Waals surface area (Å²) in [5.41, 5.74) is 0.723. The molecule has 0 saturated carbocycles. The fraction of sp³-hybridized carbons (Fsp3) is 0.231. The van der Waals surface area contributed by atoms with Crippen molar-refractivity contribution in [1.29, 1.82) is 0 Å². The first kappa shape index (κ1) is 14.2. The average Bonchev–Trinajstić information content (AvgIpc) is 2.91. The fourth-order valence-corrected chi connectivity index (χ4v) is 3.49. The van der Waals surface area contributed by atoms with Gasteiger partial charge in [-0.05, 0) is 17.0 Å². The van der Waals surface area contributed by atoms with Crippen LogP contribution in [0.4, 0.5) is 0 Å². The SMILES string of the molecule is O=S(=O)(Cc1ccccc1)NC[C@@H](O)c1cccs1. The highest BCUT2D eigenvalue weighted by Crippen LogP contribution is 2.18. The molecule has 0 fully saturated rings. The largest absolute Gasteiger partial charge is 0.386 e. The highest BCUT2D eigenvalue weighted by Gasteiger charge is 2.15. The van der Waals surface area contributed by atoms with Crippen LogP contribution in [-0.2, 0) is 15.8 Å². The van der Waals surface area contributed by atoms with Gasteiger partial charge in [-0.25, -0.2) is 13.1 Å². The van der Waals surface area contributed by atoms with Gasteiger partial charge in [-0.2, -0.15) is 0 Å². The molecular formula is C13H15NO3S2. The number of aliphatic hydroxyl groups is 1. The molecule has 0 radical (unpaired) electrons. The van der Waals surface area contributed by atoms with Crippen LogP contribution in [0, 0.1) is 0 Å².